The second-order valence-corrected chi connectivity index (χ2v) is 12.1. The molecule has 7 heteroatoms. The van der Waals surface area contributed by atoms with E-state index in [0.29, 0.717) is 12.8 Å². The Balaban J connectivity index is 1.80. The van der Waals surface area contributed by atoms with Crippen molar-refractivity contribution in [2.75, 3.05) is 13.2 Å². The molecule has 0 N–H and O–H groups in total. The minimum absolute atomic E-state index is 0.186. The van der Waals surface area contributed by atoms with Gasteiger partial charge >= 0.3 is 203 Å². The maximum absolute atomic E-state index is 13.1. The van der Waals surface area contributed by atoms with Crippen LogP contribution in [0.5, 0.6) is 0 Å². The molecule has 0 spiro atoms. The predicted octanol–water partition coefficient (Wildman–Crippen LogP) is 2.54. The summed E-state index contributed by atoms with van der Waals surface area (Å²) in [6, 6.07) is 20.6. The van der Waals surface area contributed by atoms with E-state index in [-0.39, 0.29) is 55.3 Å². The molecule has 0 aliphatic carbocycles. The van der Waals surface area contributed by atoms with Crippen LogP contribution in [0.1, 0.15) is 26.7 Å². The quantitative estimate of drug-likeness (QED) is 0.251. The van der Waals surface area contributed by atoms with Crippen molar-refractivity contribution in [2.45, 2.75) is 49.5 Å². The summed E-state index contributed by atoms with van der Waals surface area (Å²) in [4.78, 5) is 26.2. The van der Waals surface area contributed by atoms with Gasteiger partial charge in [-0.2, -0.15) is 0 Å². The molecule has 32 heavy (non-hydrogen) atoms. The fourth-order valence-electron chi connectivity index (χ4n) is 3.79. The van der Waals surface area contributed by atoms with Crippen molar-refractivity contribution in [3.63, 3.8) is 0 Å². The summed E-state index contributed by atoms with van der Waals surface area (Å²) in [5.74, 6) is -0.952. The summed E-state index contributed by atoms with van der Waals surface area (Å²) in [6.45, 7) is 4.00. The standard InChI is InChI=1S/C25H30O5Se2/c1-3-28-23(26)25(24(27)29-4-2)15-19(17-31-21-11-7-5-8-12-21)30-20(16-25)18-32-22-13-9-6-10-14-22/h5-14,19-20H,3-4,15-18H2,1-2H3/t19-,20+. The number of carbonyl (C=O) groups is 2. The van der Waals surface area contributed by atoms with Gasteiger partial charge in [0.1, 0.15) is 0 Å². The number of carbonyl (C=O) groups excluding carboxylic acids is 2. The molecule has 1 saturated heterocycles. The molecule has 2 aromatic rings. The Morgan fingerprint density at radius 2 is 1.22 bits per heavy atom. The Morgan fingerprint density at radius 3 is 1.59 bits per heavy atom. The van der Waals surface area contributed by atoms with Crippen LogP contribution in [-0.4, -0.2) is 67.3 Å². The third kappa shape index (κ3) is 6.69. The third-order valence-electron chi connectivity index (χ3n) is 5.23. The van der Waals surface area contributed by atoms with E-state index in [2.05, 4.69) is 24.3 Å². The molecule has 3 rings (SSSR count). The van der Waals surface area contributed by atoms with Crippen LogP contribution < -0.4 is 8.92 Å². The molecule has 0 unspecified atom stereocenters. The maximum atomic E-state index is 13.1. The van der Waals surface area contributed by atoms with E-state index >= 15 is 0 Å². The van der Waals surface area contributed by atoms with E-state index in [9.17, 15) is 9.59 Å². The molecule has 0 bridgehead atoms. The first-order valence-corrected chi connectivity index (χ1v) is 15.1. The molecular formula is C25H30O5Se2. The molecule has 0 amide bonds. The number of hydrogen-bond acceptors (Lipinski definition) is 5. The Labute approximate surface area is 202 Å². The third-order valence-corrected chi connectivity index (χ3v) is 10.0. The minimum atomic E-state index is -1.29. The molecule has 2 atom stereocenters. The summed E-state index contributed by atoms with van der Waals surface area (Å²) in [5, 5.41) is 1.60. The van der Waals surface area contributed by atoms with Gasteiger partial charge in [-0.15, -0.1) is 0 Å². The molecule has 1 fully saturated rings. The number of esters is 2. The first-order chi connectivity index (χ1) is 15.6. The van der Waals surface area contributed by atoms with Gasteiger partial charge in [0.2, 0.25) is 0 Å². The molecule has 1 aliphatic heterocycles. The van der Waals surface area contributed by atoms with Gasteiger partial charge in [-0.1, -0.05) is 0 Å². The van der Waals surface area contributed by atoms with Crippen molar-refractivity contribution in [3.05, 3.63) is 60.7 Å². The van der Waals surface area contributed by atoms with Crippen LogP contribution in [0.2, 0.25) is 10.6 Å². The van der Waals surface area contributed by atoms with Gasteiger partial charge in [0.15, 0.2) is 0 Å². The number of benzene rings is 2. The Hall–Kier alpha value is -1.62. The SMILES string of the molecule is CCOC(=O)C1(C(=O)OCC)C[C@@H](C[Se]c2ccccc2)O[C@@H](C[Se]c2ccccc2)C1. The van der Waals surface area contributed by atoms with Gasteiger partial charge in [0.25, 0.3) is 0 Å². The Kier molecular flexibility index (Phi) is 9.83. The zero-order valence-electron chi connectivity index (χ0n) is 18.5. The van der Waals surface area contributed by atoms with Gasteiger partial charge in [0.05, 0.1) is 0 Å². The molecular weight excluding hydrogens is 538 g/mol. The van der Waals surface area contributed by atoms with E-state index in [0.717, 1.165) is 10.6 Å². The molecule has 0 aromatic heterocycles. The fraction of sp³-hybridized carbons (Fsp3) is 0.440. The molecule has 172 valence electrons. The fourth-order valence-corrected chi connectivity index (χ4v) is 7.67. The monoisotopic (exact) mass is 570 g/mol. The van der Waals surface area contributed by atoms with Crippen molar-refractivity contribution in [1.82, 2.24) is 0 Å². The van der Waals surface area contributed by atoms with E-state index in [1.165, 1.54) is 8.92 Å². The van der Waals surface area contributed by atoms with Gasteiger partial charge in [0, 0.05) is 0 Å². The molecule has 5 nitrogen and oxygen atoms in total. The van der Waals surface area contributed by atoms with Crippen LogP contribution in [0.15, 0.2) is 60.7 Å². The Bertz CT molecular complexity index is 788. The summed E-state index contributed by atoms with van der Waals surface area (Å²) >= 11 is 0.376. The van der Waals surface area contributed by atoms with Crippen LogP contribution in [0, 0.1) is 5.41 Å². The van der Waals surface area contributed by atoms with E-state index < -0.39 is 17.4 Å². The van der Waals surface area contributed by atoms with Crippen molar-refractivity contribution in [3.8, 4) is 0 Å². The van der Waals surface area contributed by atoms with Gasteiger partial charge in [-0.3, -0.25) is 0 Å². The zero-order valence-corrected chi connectivity index (χ0v) is 22.0. The predicted molar refractivity (Wildman–Crippen MR) is 127 cm³/mol. The van der Waals surface area contributed by atoms with E-state index in [1.807, 2.05) is 36.4 Å². The van der Waals surface area contributed by atoms with E-state index in [1.54, 1.807) is 13.8 Å². The van der Waals surface area contributed by atoms with E-state index in [4.69, 9.17) is 14.2 Å². The van der Waals surface area contributed by atoms with Crippen molar-refractivity contribution in [2.24, 2.45) is 5.41 Å². The van der Waals surface area contributed by atoms with Gasteiger partial charge in [-0.05, 0) is 0 Å². The normalized spacial score (nSPS) is 19.8. The summed E-state index contributed by atoms with van der Waals surface area (Å²) in [5.41, 5.74) is -1.29. The molecule has 0 radical (unpaired) electrons. The number of rotatable bonds is 10. The molecule has 0 saturated carbocycles. The number of ether oxygens (including phenoxy) is 3. The van der Waals surface area contributed by atoms with Crippen LogP contribution in [0.25, 0.3) is 0 Å². The van der Waals surface area contributed by atoms with Crippen molar-refractivity contribution >= 4 is 50.8 Å². The second-order valence-electron chi connectivity index (χ2n) is 7.56. The van der Waals surface area contributed by atoms with Gasteiger partial charge in [-0.25, -0.2) is 0 Å². The summed E-state index contributed by atoms with van der Waals surface area (Å²) < 4.78 is 19.8. The van der Waals surface area contributed by atoms with Crippen LogP contribution in [0.3, 0.4) is 0 Å². The average Bonchev–Trinajstić information content (AvgIpc) is 2.83. The zero-order chi connectivity index (χ0) is 22.8. The van der Waals surface area contributed by atoms with Crippen LogP contribution in [-0.2, 0) is 23.8 Å². The van der Waals surface area contributed by atoms with Gasteiger partial charge < -0.3 is 0 Å². The molecule has 2 aromatic carbocycles. The Morgan fingerprint density at radius 1 is 0.812 bits per heavy atom. The summed E-state index contributed by atoms with van der Waals surface area (Å²) in [6.07, 6.45) is 0.256. The van der Waals surface area contributed by atoms with Crippen molar-refractivity contribution in [1.29, 1.82) is 0 Å². The van der Waals surface area contributed by atoms with Crippen LogP contribution >= 0.6 is 0 Å². The van der Waals surface area contributed by atoms with Crippen molar-refractivity contribution < 1.29 is 23.8 Å². The summed E-state index contributed by atoms with van der Waals surface area (Å²) in [7, 11) is 0. The first kappa shape index (κ1) is 25.0. The number of hydrogen-bond donors (Lipinski definition) is 0. The molecule has 1 aliphatic rings. The topological polar surface area (TPSA) is 61.8 Å². The van der Waals surface area contributed by atoms with Crippen LogP contribution in [0.4, 0.5) is 0 Å². The molecule has 1 heterocycles. The second kappa shape index (κ2) is 12.6. The first-order valence-electron chi connectivity index (χ1n) is 10.9. The average molecular weight is 568 g/mol.